The molecule has 23 heavy (non-hydrogen) atoms. The Balaban J connectivity index is 1.77. The summed E-state index contributed by atoms with van der Waals surface area (Å²) >= 11 is 6.19. The number of hydrogen-bond donors (Lipinski definition) is 0. The highest BCUT2D eigenvalue weighted by Crippen LogP contribution is 2.23. The Morgan fingerprint density at radius 1 is 0.696 bits per heavy atom. The maximum Gasteiger partial charge on any atom is 0.127 e. The highest BCUT2D eigenvalue weighted by atomic mass is 35.5. The molecule has 0 spiro atoms. The summed E-state index contributed by atoms with van der Waals surface area (Å²) in [6.07, 6.45) is 4.04. The normalized spacial score (nSPS) is 10.8. The van der Waals surface area contributed by atoms with Crippen LogP contribution in [0.1, 0.15) is 16.7 Å². The van der Waals surface area contributed by atoms with Crippen molar-refractivity contribution in [3.63, 3.8) is 0 Å². The van der Waals surface area contributed by atoms with E-state index in [0.717, 1.165) is 27.5 Å². The molecule has 0 radical (unpaired) electrons. The molecule has 2 heteroatoms. The highest BCUT2D eigenvalue weighted by molar-refractivity contribution is 6.32. The van der Waals surface area contributed by atoms with Crippen LogP contribution in [0.2, 0.25) is 5.02 Å². The molecule has 0 N–H and O–H groups in total. The van der Waals surface area contributed by atoms with Gasteiger partial charge in [0.2, 0.25) is 0 Å². The van der Waals surface area contributed by atoms with E-state index in [2.05, 4.69) is 12.1 Å². The van der Waals surface area contributed by atoms with Gasteiger partial charge in [-0.1, -0.05) is 90.5 Å². The van der Waals surface area contributed by atoms with Gasteiger partial charge in [-0.25, -0.2) is 0 Å². The minimum Gasteiger partial charge on any atom is -0.488 e. The molecule has 0 aliphatic carbocycles. The van der Waals surface area contributed by atoms with Gasteiger partial charge in [0.15, 0.2) is 0 Å². The third-order valence-corrected chi connectivity index (χ3v) is 3.85. The Bertz CT molecular complexity index is 794. The van der Waals surface area contributed by atoms with Gasteiger partial charge in [0.05, 0.1) is 0 Å². The molecule has 0 aliphatic heterocycles. The van der Waals surface area contributed by atoms with Crippen LogP contribution in [0.3, 0.4) is 0 Å². The molecule has 0 amide bonds. The maximum absolute atomic E-state index is 6.19. The van der Waals surface area contributed by atoms with Gasteiger partial charge in [-0.15, -0.1) is 0 Å². The van der Waals surface area contributed by atoms with Gasteiger partial charge in [-0.3, -0.25) is 0 Å². The molecular weight excluding hydrogens is 304 g/mol. The zero-order valence-electron chi connectivity index (χ0n) is 12.7. The van der Waals surface area contributed by atoms with E-state index in [9.17, 15) is 0 Å². The van der Waals surface area contributed by atoms with Crippen LogP contribution in [-0.2, 0) is 6.61 Å². The van der Waals surface area contributed by atoms with Crippen LogP contribution in [0.15, 0.2) is 78.9 Å². The summed E-state index contributed by atoms with van der Waals surface area (Å²) in [5.74, 6) is 0.861. The summed E-state index contributed by atoms with van der Waals surface area (Å²) in [4.78, 5) is 0. The largest absolute Gasteiger partial charge is 0.488 e. The van der Waals surface area contributed by atoms with E-state index in [1.165, 1.54) is 0 Å². The fourth-order valence-corrected chi connectivity index (χ4v) is 2.47. The van der Waals surface area contributed by atoms with Crippen LogP contribution in [0.5, 0.6) is 5.75 Å². The lowest BCUT2D eigenvalue weighted by Gasteiger charge is -2.09. The number of rotatable bonds is 5. The zero-order valence-corrected chi connectivity index (χ0v) is 13.4. The van der Waals surface area contributed by atoms with Crippen LogP contribution in [0, 0.1) is 0 Å². The van der Waals surface area contributed by atoms with Gasteiger partial charge in [0.25, 0.3) is 0 Å². The molecule has 0 saturated carbocycles. The van der Waals surface area contributed by atoms with Crippen molar-refractivity contribution in [3.8, 4) is 5.75 Å². The molecule has 3 rings (SSSR count). The van der Waals surface area contributed by atoms with E-state index in [4.69, 9.17) is 16.3 Å². The third kappa shape index (κ3) is 4.24. The summed E-state index contributed by atoms with van der Waals surface area (Å²) < 4.78 is 5.96. The molecule has 114 valence electrons. The first-order chi connectivity index (χ1) is 11.3. The van der Waals surface area contributed by atoms with E-state index in [0.29, 0.717) is 6.61 Å². The molecule has 3 aromatic rings. The number of hydrogen-bond acceptors (Lipinski definition) is 1. The summed E-state index contributed by atoms with van der Waals surface area (Å²) in [6, 6.07) is 25.9. The van der Waals surface area contributed by atoms with Gasteiger partial charge >= 0.3 is 0 Å². The standard InChI is InChI=1S/C21H17ClO/c22-20-12-6-4-10-18(20)14-15-19-11-5-7-13-21(19)23-16-17-8-2-1-3-9-17/h1-15H,16H2/b15-14+. The lowest BCUT2D eigenvalue weighted by Crippen LogP contribution is -1.96. The fourth-order valence-electron chi connectivity index (χ4n) is 2.27. The van der Waals surface area contributed by atoms with Crippen molar-refractivity contribution in [3.05, 3.63) is 101 Å². The molecule has 0 atom stereocenters. The molecule has 0 bridgehead atoms. The average Bonchev–Trinajstić information content (AvgIpc) is 2.61. The third-order valence-electron chi connectivity index (χ3n) is 3.50. The first-order valence-electron chi connectivity index (χ1n) is 7.51. The van der Waals surface area contributed by atoms with E-state index in [1.807, 2.05) is 78.9 Å². The molecule has 1 nitrogen and oxygen atoms in total. The Morgan fingerprint density at radius 2 is 1.30 bits per heavy atom. The van der Waals surface area contributed by atoms with Crippen LogP contribution in [0.4, 0.5) is 0 Å². The van der Waals surface area contributed by atoms with Crippen LogP contribution in [-0.4, -0.2) is 0 Å². The van der Waals surface area contributed by atoms with Crippen molar-refractivity contribution >= 4 is 23.8 Å². The van der Waals surface area contributed by atoms with Gasteiger partial charge < -0.3 is 4.74 Å². The van der Waals surface area contributed by atoms with E-state index in [-0.39, 0.29) is 0 Å². The van der Waals surface area contributed by atoms with Crippen LogP contribution in [0.25, 0.3) is 12.2 Å². The SMILES string of the molecule is Clc1ccccc1/C=C/c1ccccc1OCc1ccccc1. The zero-order chi connectivity index (χ0) is 15.9. The van der Waals surface area contributed by atoms with Crippen molar-refractivity contribution in [2.24, 2.45) is 0 Å². The predicted molar refractivity (Wildman–Crippen MR) is 97.6 cm³/mol. The van der Waals surface area contributed by atoms with Gasteiger partial charge in [0.1, 0.15) is 12.4 Å². The Labute approximate surface area is 141 Å². The second-order valence-electron chi connectivity index (χ2n) is 5.17. The lowest BCUT2D eigenvalue weighted by atomic mass is 10.1. The first kappa shape index (κ1) is 15.4. The smallest absolute Gasteiger partial charge is 0.127 e. The molecule has 0 fully saturated rings. The molecule has 0 saturated heterocycles. The van der Waals surface area contributed by atoms with Crippen LogP contribution >= 0.6 is 11.6 Å². The van der Waals surface area contributed by atoms with Crippen LogP contribution < -0.4 is 4.74 Å². The molecule has 0 aliphatic rings. The van der Waals surface area contributed by atoms with Crippen molar-refractivity contribution in [1.29, 1.82) is 0 Å². The summed E-state index contributed by atoms with van der Waals surface area (Å²) in [5.41, 5.74) is 3.17. The predicted octanol–water partition coefficient (Wildman–Crippen LogP) is 6.09. The number of ether oxygens (including phenoxy) is 1. The van der Waals surface area contributed by atoms with Crippen molar-refractivity contribution < 1.29 is 4.74 Å². The van der Waals surface area contributed by atoms with Gasteiger partial charge in [-0.2, -0.15) is 0 Å². The number of para-hydroxylation sites is 1. The first-order valence-corrected chi connectivity index (χ1v) is 7.89. The van der Waals surface area contributed by atoms with Gasteiger partial charge in [-0.05, 0) is 23.3 Å². The second kappa shape index (κ2) is 7.66. The van der Waals surface area contributed by atoms with E-state index >= 15 is 0 Å². The summed E-state index contributed by atoms with van der Waals surface area (Å²) in [7, 11) is 0. The number of benzene rings is 3. The Kier molecular flexibility index (Phi) is 5.13. The maximum atomic E-state index is 6.19. The molecule has 0 unspecified atom stereocenters. The minimum atomic E-state index is 0.553. The lowest BCUT2D eigenvalue weighted by molar-refractivity contribution is 0.305. The Hall–Kier alpha value is -2.51. The quantitative estimate of drug-likeness (QED) is 0.517. The van der Waals surface area contributed by atoms with E-state index in [1.54, 1.807) is 0 Å². The molecule has 0 aromatic heterocycles. The Morgan fingerprint density at radius 3 is 2.09 bits per heavy atom. The van der Waals surface area contributed by atoms with E-state index < -0.39 is 0 Å². The van der Waals surface area contributed by atoms with Crippen molar-refractivity contribution in [2.75, 3.05) is 0 Å². The van der Waals surface area contributed by atoms with Crippen molar-refractivity contribution in [2.45, 2.75) is 6.61 Å². The molecule has 0 heterocycles. The second-order valence-corrected chi connectivity index (χ2v) is 5.57. The summed E-state index contributed by atoms with van der Waals surface area (Å²) in [6.45, 7) is 0.553. The highest BCUT2D eigenvalue weighted by Gasteiger charge is 2.01. The molecule has 3 aromatic carbocycles. The number of halogens is 1. The average molecular weight is 321 g/mol. The topological polar surface area (TPSA) is 9.23 Å². The summed E-state index contributed by atoms with van der Waals surface area (Å²) in [5, 5.41) is 0.742. The fraction of sp³-hybridized carbons (Fsp3) is 0.0476. The van der Waals surface area contributed by atoms with Crippen molar-refractivity contribution in [1.82, 2.24) is 0 Å². The van der Waals surface area contributed by atoms with Gasteiger partial charge in [0, 0.05) is 10.6 Å². The monoisotopic (exact) mass is 320 g/mol. The molecular formula is C21H17ClO. The minimum absolute atomic E-state index is 0.553.